The van der Waals surface area contributed by atoms with Crippen LogP contribution in [-0.2, 0) is 24.2 Å². The molecule has 2 rings (SSSR count). The van der Waals surface area contributed by atoms with E-state index in [-0.39, 0.29) is 37.1 Å². The maximum absolute atomic E-state index is 11.9. The van der Waals surface area contributed by atoms with Gasteiger partial charge in [-0.3, -0.25) is 4.79 Å². The fourth-order valence-corrected chi connectivity index (χ4v) is 2.97. The minimum Gasteiger partial charge on any atom is -0.598 e. The lowest BCUT2D eigenvalue weighted by atomic mass is 10.0. The third kappa shape index (κ3) is 2.55. The Balaban J connectivity index is 2.06. The second-order valence-electron chi connectivity index (χ2n) is 4.94. The van der Waals surface area contributed by atoms with Crippen molar-refractivity contribution in [2.75, 3.05) is 19.3 Å². The highest BCUT2D eigenvalue weighted by Gasteiger charge is 2.49. The average Bonchev–Trinajstić information content (AvgIpc) is 2.71. The average molecular weight is 275 g/mol. The summed E-state index contributed by atoms with van der Waals surface area (Å²) in [6.45, 7) is 4.21. The lowest BCUT2D eigenvalue weighted by Crippen LogP contribution is -2.40. The molecule has 1 fully saturated rings. The molecule has 0 aromatic carbocycles. The van der Waals surface area contributed by atoms with Crippen LogP contribution in [0.5, 0.6) is 0 Å². The highest BCUT2D eigenvalue weighted by molar-refractivity contribution is 7.94. The van der Waals surface area contributed by atoms with Gasteiger partial charge in [0.15, 0.2) is 11.8 Å². The Morgan fingerprint density at radius 3 is 2.83 bits per heavy atom. The maximum Gasteiger partial charge on any atom is 0.269 e. The van der Waals surface area contributed by atoms with Gasteiger partial charge in [0.1, 0.15) is 16.7 Å². The van der Waals surface area contributed by atoms with E-state index < -0.39 is 10.4 Å². The second-order valence-corrected chi connectivity index (χ2v) is 6.92. The summed E-state index contributed by atoms with van der Waals surface area (Å²) in [4.78, 5) is 17.0. The number of carbonyl (C=O) groups is 1. The van der Waals surface area contributed by atoms with E-state index in [0.717, 1.165) is 6.26 Å². The van der Waals surface area contributed by atoms with Gasteiger partial charge in [-0.1, -0.05) is 9.36 Å². The Bertz CT molecular complexity index is 431. The predicted molar refractivity (Wildman–Crippen MR) is 65.4 cm³/mol. The monoisotopic (exact) mass is 275 g/mol. The first kappa shape index (κ1) is 13.4. The summed E-state index contributed by atoms with van der Waals surface area (Å²) in [6, 6.07) is 0.00617. The first-order chi connectivity index (χ1) is 8.29. The van der Waals surface area contributed by atoms with Crippen LogP contribution in [0.15, 0.2) is 5.16 Å². The number of amides is 1. The molecular formula is C10H17N3O4S. The van der Waals surface area contributed by atoms with Crippen molar-refractivity contribution in [3.8, 4) is 0 Å². The molecule has 18 heavy (non-hydrogen) atoms. The van der Waals surface area contributed by atoms with E-state index in [4.69, 9.17) is 4.84 Å². The molecule has 0 aromatic heterocycles. The van der Waals surface area contributed by atoms with Gasteiger partial charge >= 0.3 is 0 Å². The van der Waals surface area contributed by atoms with Crippen molar-refractivity contribution in [3.63, 3.8) is 0 Å². The van der Waals surface area contributed by atoms with E-state index in [2.05, 4.69) is 10.5 Å². The Morgan fingerprint density at radius 1 is 1.61 bits per heavy atom. The summed E-state index contributed by atoms with van der Waals surface area (Å²) in [7, 11) is -3.25. The number of nitrogens with zero attached hydrogens (tertiary/aromatic N) is 2. The molecule has 1 amide bonds. The molecule has 102 valence electrons. The van der Waals surface area contributed by atoms with E-state index in [1.165, 1.54) is 4.31 Å². The Morgan fingerprint density at radius 2 is 2.28 bits per heavy atom. The molecule has 0 radical (unpaired) electrons. The zero-order chi connectivity index (χ0) is 13.5. The minimum atomic E-state index is -3.25. The Hall–Kier alpha value is -0.990. The van der Waals surface area contributed by atoms with E-state index in [1.54, 1.807) is 0 Å². The van der Waals surface area contributed by atoms with Crippen LogP contribution in [0.4, 0.5) is 0 Å². The topological polar surface area (TPSA) is 94.1 Å². The third-order valence-corrected chi connectivity index (χ3v) is 4.23. The fraction of sp³-hybridized carbons (Fsp3) is 0.800. The molecule has 1 N–H and O–H groups in total. The second kappa shape index (κ2) is 4.60. The number of carbonyl (C=O) groups excluding carboxylic acids is 1. The number of hydrogen-bond donors (Lipinski definition) is 1. The molecule has 3 atom stereocenters. The van der Waals surface area contributed by atoms with Gasteiger partial charge in [0.05, 0.1) is 19.0 Å². The van der Waals surface area contributed by atoms with Gasteiger partial charge in [-0.2, -0.15) is 0 Å². The highest BCUT2D eigenvalue weighted by atomic mass is 32.3. The quantitative estimate of drug-likeness (QED) is 0.694. The van der Waals surface area contributed by atoms with E-state index in [1.807, 2.05) is 13.8 Å². The zero-order valence-electron chi connectivity index (χ0n) is 10.6. The number of hydrogen-bond acceptors (Lipinski definition) is 5. The molecule has 3 unspecified atom stereocenters. The molecule has 1 saturated heterocycles. The number of rotatable bonds is 3. The van der Waals surface area contributed by atoms with Crippen molar-refractivity contribution in [2.24, 2.45) is 11.1 Å². The van der Waals surface area contributed by atoms with Crippen LogP contribution in [0, 0.1) is 5.92 Å². The van der Waals surface area contributed by atoms with Gasteiger partial charge in [-0.05, 0) is 13.8 Å². The van der Waals surface area contributed by atoms with Crippen molar-refractivity contribution in [2.45, 2.75) is 26.0 Å². The minimum absolute atomic E-state index is 0.00617. The molecule has 2 aliphatic heterocycles. The number of oxime groups is 1. The molecule has 8 heteroatoms. The van der Waals surface area contributed by atoms with E-state index >= 15 is 0 Å². The normalized spacial score (nSPS) is 30.6. The van der Waals surface area contributed by atoms with Crippen molar-refractivity contribution in [3.05, 3.63) is 0 Å². The summed E-state index contributed by atoms with van der Waals surface area (Å²) in [5, 5.41) is 6.51. The molecule has 0 aromatic rings. The predicted octanol–water partition coefficient (Wildman–Crippen LogP) is -0.628. The van der Waals surface area contributed by atoms with Gasteiger partial charge in [0.2, 0.25) is 0 Å². The SMILES string of the molecule is CC(C)NC(=O)C1=NOC2CN([S+](C)(=O)[O-])CC12. The zero-order valence-corrected chi connectivity index (χ0v) is 11.4. The summed E-state index contributed by atoms with van der Waals surface area (Å²) >= 11 is 0. The number of nitrogens with one attached hydrogen (secondary N) is 1. The van der Waals surface area contributed by atoms with Crippen LogP contribution in [0.25, 0.3) is 0 Å². The first-order valence-electron chi connectivity index (χ1n) is 5.78. The Labute approximate surface area is 107 Å². The molecule has 0 spiro atoms. The van der Waals surface area contributed by atoms with Gasteiger partial charge in [0.25, 0.3) is 5.91 Å². The van der Waals surface area contributed by atoms with Crippen LogP contribution in [0.1, 0.15) is 13.8 Å². The first-order valence-corrected chi connectivity index (χ1v) is 7.63. The Kier molecular flexibility index (Phi) is 3.43. The smallest absolute Gasteiger partial charge is 0.269 e. The standard InChI is InChI=1S/C10H17N3O4S/c1-6(2)11-10(14)9-7-4-13(18(3,15)16)5-8(7)17-12-9/h6-8H,4-5H2,1-3H3,(H-,11,14,15,16). The summed E-state index contributed by atoms with van der Waals surface area (Å²) < 4.78 is 24.2. The van der Waals surface area contributed by atoms with Crippen LogP contribution < -0.4 is 5.32 Å². The molecule has 7 nitrogen and oxygen atoms in total. The molecule has 0 saturated carbocycles. The molecule has 2 aliphatic rings. The summed E-state index contributed by atoms with van der Waals surface area (Å²) in [6.07, 6.45) is 0.812. The van der Waals surface area contributed by atoms with Gasteiger partial charge in [0, 0.05) is 6.04 Å². The van der Waals surface area contributed by atoms with Crippen molar-refractivity contribution in [1.29, 1.82) is 0 Å². The summed E-state index contributed by atoms with van der Waals surface area (Å²) in [5.74, 6) is -0.550. The van der Waals surface area contributed by atoms with Gasteiger partial charge in [-0.25, -0.2) is 0 Å². The lowest BCUT2D eigenvalue weighted by molar-refractivity contribution is -0.115. The largest absolute Gasteiger partial charge is 0.598 e. The maximum atomic E-state index is 11.9. The summed E-state index contributed by atoms with van der Waals surface area (Å²) in [5.41, 5.74) is 0.292. The van der Waals surface area contributed by atoms with E-state index in [0.29, 0.717) is 5.71 Å². The molecule has 2 heterocycles. The van der Waals surface area contributed by atoms with E-state index in [9.17, 15) is 13.6 Å². The molecule has 0 bridgehead atoms. The van der Waals surface area contributed by atoms with Gasteiger partial charge < -0.3 is 14.7 Å². The lowest BCUT2D eigenvalue weighted by Gasteiger charge is -2.19. The van der Waals surface area contributed by atoms with Gasteiger partial charge in [-0.15, -0.1) is 4.31 Å². The number of sulfonamides is 1. The number of fused-ring (bicyclic) bond motifs is 1. The van der Waals surface area contributed by atoms with Crippen LogP contribution in [0.2, 0.25) is 0 Å². The van der Waals surface area contributed by atoms with Crippen molar-refractivity contribution < 1.29 is 18.4 Å². The van der Waals surface area contributed by atoms with Crippen LogP contribution >= 0.6 is 0 Å². The fourth-order valence-electron chi connectivity index (χ4n) is 2.12. The molecular weight excluding hydrogens is 258 g/mol. The van der Waals surface area contributed by atoms with Crippen LogP contribution in [-0.4, -0.2) is 52.0 Å². The van der Waals surface area contributed by atoms with Crippen molar-refractivity contribution >= 4 is 22.0 Å². The van der Waals surface area contributed by atoms with Crippen LogP contribution in [0.3, 0.4) is 0 Å². The molecule has 0 aliphatic carbocycles. The third-order valence-electron chi connectivity index (χ3n) is 2.99. The highest BCUT2D eigenvalue weighted by Crippen LogP contribution is 2.29. The van der Waals surface area contributed by atoms with Crippen molar-refractivity contribution in [1.82, 2.24) is 9.62 Å².